The fourth-order valence-electron chi connectivity index (χ4n) is 2.05. The number of halogens is 2. The van der Waals surface area contributed by atoms with E-state index in [4.69, 9.17) is 33.7 Å². The molecule has 8 nitrogen and oxygen atoms in total. The highest BCUT2D eigenvalue weighted by molar-refractivity contribution is 7.22. The van der Waals surface area contributed by atoms with Gasteiger partial charge in [-0.2, -0.15) is 0 Å². The van der Waals surface area contributed by atoms with Gasteiger partial charge in [-0.15, -0.1) is 0 Å². The van der Waals surface area contributed by atoms with Crippen LogP contribution < -0.4 is 11.1 Å². The molecule has 0 radical (unpaired) electrons. The van der Waals surface area contributed by atoms with Crippen molar-refractivity contribution in [3.63, 3.8) is 0 Å². The van der Waals surface area contributed by atoms with Crippen LogP contribution in [0, 0.1) is 0 Å². The van der Waals surface area contributed by atoms with Crippen LogP contribution in [0.15, 0.2) is 24.3 Å². The van der Waals surface area contributed by atoms with Gasteiger partial charge in [0.2, 0.25) is 0 Å². The first-order valence-electron chi connectivity index (χ1n) is 8.21. The number of nitrogen functional groups attached to an aromatic ring is 1. The second-order valence-electron chi connectivity index (χ2n) is 6.61. The van der Waals surface area contributed by atoms with E-state index in [1.807, 2.05) is 0 Å². The van der Waals surface area contributed by atoms with Crippen LogP contribution in [0.4, 0.5) is 15.1 Å². The average molecular weight is 471 g/mol. The lowest BCUT2D eigenvalue weighted by Crippen LogP contribution is -2.27. The Morgan fingerprint density at radius 3 is 2.10 bits per heavy atom. The van der Waals surface area contributed by atoms with Gasteiger partial charge in [0.15, 0.2) is 10.3 Å². The predicted molar refractivity (Wildman–Crippen MR) is 119 cm³/mol. The van der Waals surface area contributed by atoms with E-state index in [2.05, 4.69) is 25.3 Å². The summed E-state index contributed by atoms with van der Waals surface area (Å²) in [6.45, 7) is 5.39. The van der Waals surface area contributed by atoms with Gasteiger partial charge in [0.1, 0.15) is 36.6 Å². The van der Waals surface area contributed by atoms with Gasteiger partial charge in [0.05, 0.1) is 0 Å². The summed E-state index contributed by atoms with van der Waals surface area (Å²) in [5, 5.41) is 4.40. The maximum Gasteiger partial charge on any atom is 0.413 e. The molecule has 0 saturated heterocycles. The van der Waals surface area contributed by atoms with Crippen LogP contribution in [0.2, 0.25) is 10.3 Å². The SMILES string of the molecule is CC(C)(C)OC(=O)Nc1nc2ccc(Cl)nc2s1.Nc1nc2ccc(Cl)nc2s1. The fraction of sp³-hybridized carbons (Fsp3) is 0.235. The number of hydrogen-bond acceptors (Lipinski definition) is 9. The van der Waals surface area contributed by atoms with Crippen LogP contribution in [0.3, 0.4) is 0 Å². The number of fused-ring (bicyclic) bond motifs is 2. The topological polar surface area (TPSA) is 116 Å². The molecule has 152 valence electrons. The lowest BCUT2D eigenvalue weighted by Gasteiger charge is -2.18. The third kappa shape index (κ3) is 6.10. The second-order valence-corrected chi connectivity index (χ2v) is 9.38. The maximum absolute atomic E-state index is 11.6. The fourth-order valence-corrected chi connectivity index (χ4v) is 3.97. The van der Waals surface area contributed by atoms with Gasteiger partial charge < -0.3 is 10.5 Å². The van der Waals surface area contributed by atoms with Gasteiger partial charge in [-0.3, -0.25) is 5.32 Å². The van der Waals surface area contributed by atoms with E-state index in [9.17, 15) is 4.79 Å². The minimum Gasteiger partial charge on any atom is -0.444 e. The zero-order chi connectivity index (χ0) is 21.2. The lowest BCUT2D eigenvalue weighted by molar-refractivity contribution is 0.0636. The van der Waals surface area contributed by atoms with Crippen molar-refractivity contribution in [2.45, 2.75) is 26.4 Å². The van der Waals surface area contributed by atoms with Crippen molar-refractivity contribution in [1.29, 1.82) is 0 Å². The van der Waals surface area contributed by atoms with E-state index in [0.29, 0.717) is 30.9 Å². The molecule has 12 heteroatoms. The van der Waals surface area contributed by atoms with E-state index >= 15 is 0 Å². The van der Waals surface area contributed by atoms with Crippen molar-refractivity contribution in [1.82, 2.24) is 19.9 Å². The number of anilines is 2. The van der Waals surface area contributed by atoms with Crippen molar-refractivity contribution in [3.05, 3.63) is 34.6 Å². The number of hydrogen-bond donors (Lipinski definition) is 2. The highest BCUT2D eigenvalue weighted by atomic mass is 35.5. The minimum atomic E-state index is -0.539. The predicted octanol–water partition coefficient (Wildman–Crippen LogP) is 5.62. The second kappa shape index (κ2) is 8.62. The summed E-state index contributed by atoms with van der Waals surface area (Å²) in [6, 6.07) is 6.91. The van der Waals surface area contributed by atoms with Crippen LogP contribution in [-0.4, -0.2) is 31.6 Å². The van der Waals surface area contributed by atoms with E-state index in [1.54, 1.807) is 45.0 Å². The maximum atomic E-state index is 11.6. The summed E-state index contributed by atoms with van der Waals surface area (Å²) >= 11 is 14.0. The number of carbonyl (C=O) groups is 1. The Morgan fingerprint density at radius 1 is 0.966 bits per heavy atom. The Labute approximate surface area is 184 Å². The third-order valence-corrected chi connectivity index (χ3v) is 5.16. The molecule has 0 atom stereocenters. The number of ether oxygens (including phenoxy) is 1. The third-order valence-electron chi connectivity index (χ3n) is 3.07. The van der Waals surface area contributed by atoms with Gasteiger partial charge in [0.25, 0.3) is 0 Å². The molecule has 0 aliphatic rings. The van der Waals surface area contributed by atoms with Crippen LogP contribution in [0.25, 0.3) is 20.7 Å². The molecule has 4 heterocycles. The highest BCUT2D eigenvalue weighted by Gasteiger charge is 2.17. The molecule has 0 saturated carbocycles. The van der Waals surface area contributed by atoms with Crippen molar-refractivity contribution < 1.29 is 9.53 Å². The van der Waals surface area contributed by atoms with Gasteiger partial charge >= 0.3 is 6.09 Å². The van der Waals surface area contributed by atoms with E-state index in [-0.39, 0.29) is 0 Å². The van der Waals surface area contributed by atoms with E-state index < -0.39 is 11.7 Å². The number of pyridine rings is 2. The molecule has 4 aromatic rings. The number of carbonyl (C=O) groups excluding carboxylic acids is 1. The Balaban J connectivity index is 0.000000186. The highest BCUT2D eigenvalue weighted by Crippen LogP contribution is 2.26. The van der Waals surface area contributed by atoms with Crippen molar-refractivity contribution in [2.75, 3.05) is 11.1 Å². The van der Waals surface area contributed by atoms with Crippen LogP contribution in [-0.2, 0) is 4.74 Å². The first-order valence-corrected chi connectivity index (χ1v) is 10.6. The van der Waals surface area contributed by atoms with E-state index in [0.717, 1.165) is 10.3 Å². The molecule has 29 heavy (non-hydrogen) atoms. The number of rotatable bonds is 1. The normalized spacial score (nSPS) is 11.2. The zero-order valence-corrected chi connectivity index (χ0v) is 18.7. The average Bonchev–Trinajstić information content (AvgIpc) is 3.14. The van der Waals surface area contributed by atoms with Gasteiger partial charge in [-0.05, 0) is 45.0 Å². The summed E-state index contributed by atoms with van der Waals surface area (Å²) in [7, 11) is 0. The molecule has 0 unspecified atom stereocenters. The van der Waals surface area contributed by atoms with Crippen LogP contribution in [0.5, 0.6) is 0 Å². The Bertz CT molecular complexity index is 1170. The standard InChI is InChI=1S/C11H12ClN3O2S.C6H4ClN3S/c1-11(2,3)17-10(16)15-9-13-6-4-5-7(12)14-8(6)18-9;7-4-2-1-3-5(10-4)11-6(8)9-3/h4-5H,1-3H3,(H,13,15,16);1-2H,(H2,8,9). The molecule has 0 bridgehead atoms. The number of thiazole rings is 2. The number of nitrogens with two attached hydrogens (primary N) is 1. The summed E-state index contributed by atoms with van der Waals surface area (Å²) in [4.78, 5) is 29.4. The quantitative estimate of drug-likeness (QED) is 0.346. The van der Waals surface area contributed by atoms with Crippen LogP contribution in [0.1, 0.15) is 20.8 Å². The smallest absolute Gasteiger partial charge is 0.413 e. The first kappa shape index (κ1) is 21.4. The first-order chi connectivity index (χ1) is 13.6. The van der Waals surface area contributed by atoms with Crippen molar-refractivity contribution >= 4 is 82.9 Å². The molecule has 1 amide bonds. The number of nitrogens with one attached hydrogen (secondary N) is 1. The largest absolute Gasteiger partial charge is 0.444 e. The Kier molecular flexibility index (Phi) is 6.37. The molecule has 0 aliphatic heterocycles. The van der Waals surface area contributed by atoms with Gasteiger partial charge in [0, 0.05) is 0 Å². The number of aromatic nitrogens is 4. The molecule has 0 fully saturated rings. The lowest BCUT2D eigenvalue weighted by atomic mass is 10.2. The monoisotopic (exact) mass is 470 g/mol. The molecule has 0 spiro atoms. The minimum absolute atomic E-state index is 0.398. The Hall–Kier alpha value is -2.27. The molecule has 0 aromatic carbocycles. The number of nitrogens with zero attached hydrogens (tertiary/aromatic N) is 4. The zero-order valence-electron chi connectivity index (χ0n) is 15.6. The Morgan fingerprint density at radius 2 is 1.52 bits per heavy atom. The van der Waals surface area contributed by atoms with Crippen LogP contribution >= 0.6 is 45.9 Å². The molecule has 4 aromatic heterocycles. The summed E-state index contributed by atoms with van der Waals surface area (Å²) < 4.78 is 5.13. The summed E-state index contributed by atoms with van der Waals surface area (Å²) in [5.74, 6) is 0. The number of amides is 1. The van der Waals surface area contributed by atoms with Gasteiger partial charge in [-0.1, -0.05) is 45.9 Å². The molecule has 4 rings (SSSR count). The molecular weight excluding hydrogens is 455 g/mol. The molecular formula is C17H16Cl2N6O2S2. The van der Waals surface area contributed by atoms with Crippen molar-refractivity contribution in [2.24, 2.45) is 0 Å². The van der Waals surface area contributed by atoms with Crippen molar-refractivity contribution in [3.8, 4) is 0 Å². The molecule has 3 N–H and O–H groups in total. The van der Waals surface area contributed by atoms with E-state index in [1.165, 1.54) is 22.7 Å². The van der Waals surface area contributed by atoms with Gasteiger partial charge in [-0.25, -0.2) is 24.7 Å². The summed E-state index contributed by atoms with van der Waals surface area (Å²) in [6.07, 6.45) is -0.535. The molecule has 0 aliphatic carbocycles. The summed E-state index contributed by atoms with van der Waals surface area (Å²) in [5.41, 5.74) is 6.42.